The molecule has 2 nitrogen and oxygen atoms in total. The molecule has 0 aromatic heterocycles. The standard InChI is InChI=1S/C15H21IO2/c1-18-15(17)14(10-6-3-7-11-16)12-13-8-4-2-5-9-13/h2,4-5,8-9,14H,3,6-7,10-12H2,1H3. The summed E-state index contributed by atoms with van der Waals surface area (Å²) in [7, 11) is 1.48. The fraction of sp³-hybridized carbons (Fsp3) is 0.533. The van der Waals surface area contributed by atoms with Crippen molar-refractivity contribution in [2.75, 3.05) is 11.5 Å². The molecule has 0 aliphatic heterocycles. The van der Waals surface area contributed by atoms with Gasteiger partial charge in [0.2, 0.25) is 0 Å². The lowest BCUT2D eigenvalue weighted by atomic mass is 9.94. The van der Waals surface area contributed by atoms with Crippen molar-refractivity contribution in [2.45, 2.75) is 32.1 Å². The largest absolute Gasteiger partial charge is 0.469 e. The zero-order valence-electron chi connectivity index (χ0n) is 10.9. The highest BCUT2D eigenvalue weighted by molar-refractivity contribution is 14.1. The molecule has 1 rings (SSSR count). The molecule has 0 saturated carbocycles. The quantitative estimate of drug-likeness (QED) is 0.303. The van der Waals surface area contributed by atoms with Gasteiger partial charge in [-0.3, -0.25) is 4.79 Å². The summed E-state index contributed by atoms with van der Waals surface area (Å²) in [5, 5.41) is 0. The Hall–Kier alpha value is -0.580. The second-order valence-corrected chi connectivity index (χ2v) is 5.53. The van der Waals surface area contributed by atoms with E-state index in [1.165, 1.54) is 29.9 Å². The lowest BCUT2D eigenvalue weighted by Gasteiger charge is -2.14. The number of methoxy groups -OCH3 is 1. The molecule has 0 saturated heterocycles. The number of carbonyl (C=O) groups is 1. The van der Waals surface area contributed by atoms with E-state index in [0.29, 0.717) is 0 Å². The Kier molecular flexibility index (Phi) is 8.05. The monoisotopic (exact) mass is 360 g/mol. The summed E-state index contributed by atoms with van der Waals surface area (Å²) >= 11 is 2.39. The second kappa shape index (κ2) is 9.36. The summed E-state index contributed by atoms with van der Waals surface area (Å²) < 4.78 is 6.09. The summed E-state index contributed by atoms with van der Waals surface area (Å²) in [6, 6.07) is 10.2. The minimum atomic E-state index is -0.0756. The van der Waals surface area contributed by atoms with Crippen molar-refractivity contribution >= 4 is 28.6 Å². The predicted octanol–water partition coefficient (Wildman–Crippen LogP) is 4.01. The molecule has 1 aromatic rings. The Balaban J connectivity index is 2.48. The summed E-state index contributed by atoms with van der Waals surface area (Å²) in [6.07, 6.45) is 5.26. The van der Waals surface area contributed by atoms with Crippen molar-refractivity contribution < 1.29 is 9.53 Å². The first-order valence-electron chi connectivity index (χ1n) is 6.45. The van der Waals surface area contributed by atoms with Gasteiger partial charge in [-0.25, -0.2) is 0 Å². The second-order valence-electron chi connectivity index (χ2n) is 4.45. The Morgan fingerprint density at radius 3 is 2.56 bits per heavy atom. The van der Waals surface area contributed by atoms with Crippen molar-refractivity contribution in [2.24, 2.45) is 5.92 Å². The first kappa shape index (κ1) is 15.5. The van der Waals surface area contributed by atoms with Crippen LogP contribution in [-0.2, 0) is 16.0 Å². The van der Waals surface area contributed by atoms with E-state index < -0.39 is 0 Å². The van der Waals surface area contributed by atoms with Crippen LogP contribution in [0.1, 0.15) is 31.2 Å². The Labute approximate surface area is 123 Å². The molecule has 3 heteroatoms. The van der Waals surface area contributed by atoms with Crippen molar-refractivity contribution in [3.8, 4) is 0 Å². The van der Waals surface area contributed by atoms with Gasteiger partial charge in [-0.05, 0) is 29.3 Å². The normalized spacial score (nSPS) is 12.1. The van der Waals surface area contributed by atoms with Gasteiger partial charge in [0.1, 0.15) is 0 Å². The molecular weight excluding hydrogens is 339 g/mol. The lowest BCUT2D eigenvalue weighted by molar-refractivity contribution is -0.145. The Bertz CT molecular complexity index is 338. The van der Waals surface area contributed by atoms with Gasteiger partial charge in [0, 0.05) is 0 Å². The van der Waals surface area contributed by atoms with Gasteiger partial charge in [0.05, 0.1) is 13.0 Å². The van der Waals surface area contributed by atoms with Crippen LogP contribution in [0.5, 0.6) is 0 Å². The Morgan fingerprint density at radius 2 is 1.94 bits per heavy atom. The maximum Gasteiger partial charge on any atom is 0.308 e. The van der Waals surface area contributed by atoms with Gasteiger partial charge in [0.25, 0.3) is 0 Å². The molecule has 0 aliphatic carbocycles. The van der Waals surface area contributed by atoms with Gasteiger partial charge in [0.15, 0.2) is 0 Å². The number of unbranched alkanes of at least 4 members (excludes halogenated alkanes) is 2. The van der Waals surface area contributed by atoms with Crippen molar-refractivity contribution in [3.05, 3.63) is 35.9 Å². The van der Waals surface area contributed by atoms with E-state index in [2.05, 4.69) is 34.7 Å². The molecule has 0 fully saturated rings. The topological polar surface area (TPSA) is 26.3 Å². The van der Waals surface area contributed by atoms with E-state index in [0.717, 1.165) is 19.3 Å². The third-order valence-electron chi connectivity index (χ3n) is 3.05. The summed E-state index contributed by atoms with van der Waals surface area (Å²) in [6.45, 7) is 0. The minimum absolute atomic E-state index is 0.00612. The van der Waals surface area contributed by atoms with Crippen molar-refractivity contribution in [1.82, 2.24) is 0 Å². The third-order valence-corrected chi connectivity index (χ3v) is 3.81. The summed E-state index contributed by atoms with van der Waals surface area (Å²) in [5.41, 5.74) is 1.21. The minimum Gasteiger partial charge on any atom is -0.469 e. The predicted molar refractivity (Wildman–Crippen MR) is 83.0 cm³/mol. The van der Waals surface area contributed by atoms with Gasteiger partial charge >= 0.3 is 5.97 Å². The van der Waals surface area contributed by atoms with Crippen LogP contribution in [0.25, 0.3) is 0 Å². The number of hydrogen-bond acceptors (Lipinski definition) is 2. The molecule has 0 bridgehead atoms. The molecule has 1 unspecified atom stereocenters. The average molecular weight is 360 g/mol. The molecule has 0 amide bonds. The molecule has 1 atom stereocenters. The number of halogens is 1. The maximum absolute atomic E-state index is 11.8. The van der Waals surface area contributed by atoms with Crippen LogP contribution in [0.15, 0.2) is 30.3 Å². The first-order valence-corrected chi connectivity index (χ1v) is 7.98. The number of rotatable bonds is 8. The number of carbonyl (C=O) groups excluding carboxylic acids is 1. The number of ether oxygens (including phenoxy) is 1. The zero-order valence-corrected chi connectivity index (χ0v) is 13.1. The van der Waals surface area contributed by atoms with Gasteiger partial charge < -0.3 is 4.74 Å². The number of alkyl halides is 1. The molecule has 0 heterocycles. The molecule has 1 aromatic carbocycles. The highest BCUT2D eigenvalue weighted by atomic mass is 127. The number of hydrogen-bond donors (Lipinski definition) is 0. The van der Waals surface area contributed by atoms with E-state index >= 15 is 0 Å². The number of esters is 1. The SMILES string of the molecule is COC(=O)C(CCCCCI)Cc1ccccc1. The van der Waals surface area contributed by atoms with Gasteiger partial charge in [-0.2, -0.15) is 0 Å². The van der Waals surface area contributed by atoms with Crippen LogP contribution in [0.2, 0.25) is 0 Å². The van der Waals surface area contributed by atoms with Crippen LogP contribution >= 0.6 is 22.6 Å². The fourth-order valence-corrected chi connectivity index (χ4v) is 2.57. The van der Waals surface area contributed by atoms with E-state index in [1.807, 2.05) is 18.2 Å². The van der Waals surface area contributed by atoms with Crippen LogP contribution in [-0.4, -0.2) is 17.5 Å². The van der Waals surface area contributed by atoms with E-state index in [1.54, 1.807) is 0 Å². The highest BCUT2D eigenvalue weighted by Crippen LogP contribution is 2.17. The lowest BCUT2D eigenvalue weighted by Crippen LogP contribution is -2.18. The smallest absolute Gasteiger partial charge is 0.308 e. The summed E-state index contributed by atoms with van der Waals surface area (Å²) in [5.74, 6) is -0.0695. The maximum atomic E-state index is 11.8. The van der Waals surface area contributed by atoms with Gasteiger partial charge in [-0.15, -0.1) is 0 Å². The van der Waals surface area contributed by atoms with Crippen molar-refractivity contribution in [1.29, 1.82) is 0 Å². The van der Waals surface area contributed by atoms with Crippen LogP contribution < -0.4 is 0 Å². The molecule has 0 radical (unpaired) electrons. The van der Waals surface area contributed by atoms with Crippen LogP contribution in [0.3, 0.4) is 0 Å². The van der Waals surface area contributed by atoms with Crippen LogP contribution in [0.4, 0.5) is 0 Å². The van der Waals surface area contributed by atoms with E-state index in [4.69, 9.17) is 4.74 Å². The first-order chi connectivity index (χ1) is 8.77. The molecule has 100 valence electrons. The third kappa shape index (κ3) is 5.85. The fourth-order valence-electron chi connectivity index (χ4n) is 2.03. The molecular formula is C15H21IO2. The molecule has 0 spiro atoms. The highest BCUT2D eigenvalue weighted by Gasteiger charge is 2.18. The average Bonchev–Trinajstić information content (AvgIpc) is 2.42. The Morgan fingerprint density at radius 1 is 1.22 bits per heavy atom. The molecule has 0 aliphatic rings. The van der Waals surface area contributed by atoms with Crippen molar-refractivity contribution in [3.63, 3.8) is 0 Å². The number of benzene rings is 1. The van der Waals surface area contributed by atoms with E-state index in [9.17, 15) is 4.79 Å². The molecule has 0 N–H and O–H groups in total. The van der Waals surface area contributed by atoms with Gasteiger partial charge in [-0.1, -0.05) is 65.8 Å². The molecule has 18 heavy (non-hydrogen) atoms. The van der Waals surface area contributed by atoms with E-state index in [-0.39, 0.29) is 11.9 Å². The summed E-state index contributed by atoms with van der Waals surface area (Å²) in [4.78, 5) is 11.8. The zero-order chi connectivity index (χ0) is 13.2. The van der Waals surface area contributed by atoms with Crippen LogP contribution in [0, 0.1) is 5.92 Å².